The summed E-state index contributed by atoms with van der Waals surface area (Å²) in [6, 6.07) is 7.63. The van der Waals surface area contributed by atoms with Gasteiger partial charge in [0, 0.05) is 6.54 Å². The maximum Gasteiger partial charge on any atom is 0.315 e. The van der Waals surface area contributed by atoms with Crippen LogP contribution in [0.5, 0.6) is 0 Å². The maximum absolute atomic E-state index is 12.0. The first-order chi connectivity index (χ1) is 9.99. The molecule has 114 valence electrons. The second-order valence-electron chi connectivity index (χ2n) is 5.85. The van der Waals surface area contributed by atoms with Crippen molar-refractivity contribution in [1.29, 1.82) is 0 Å². The van der Waals surface area contributed by atoms with E-state index in [2.05, 4.69) is 10.6 Å². The van der Waals surface area contributed by atoms with Crippen LogP contribution in [0, 0.1) is 6.92 Å². The van der Waals surface area contributed by atoms with Gasteiger partial charge < -0.3 is 15.7 Å². The fourth-order valence-electron chi connectivity index (χ4n) is 2.98. The predicted molar refractivity (Wildman–Crippen MR) is 80.0 cm³/mol. The van der Waals surface area contributed by atoms with Crippen molar-refractivity contribution in [1.82, 2.24) is 10.6 Å². The molecule has 0 aliphatic heterocycles. The quantitative estimate of drug-likeness (QED) is 0.780. The van der Waals surface area contributed by atoms with Crippen LogP contribution in [0.4, 0.5) is 4.79 Å². The van der Waals surface area contributed by atoms with E-state index in [4.69, 9.17) is 5.11 Å². The number of carbonyl (C=O) groups excluding carboxylic acids is 1. The standard InChI is InChI=1S/C16H22N2O3/c1-12-5-4-6-13(9-12)11-17-15(21)18-16(10-14(19)20)7-2-3-8-16/h4-6,9H,2-3,7-8,10-11H2,1H3,(H,19,20)(H2,17,18,21). The lowest BCUT2D eigenvalue weighted by Gasteiger charge is -2.28. The summed E-state index contributed by atoms with van der Waals surface area (Å²) in [4.78, 5) is 23.0. The zero-order valence-electron chi connectivity index (χ0n) is 12.3. The maximum atomic E-state index is 12.0. The van der Waals surface area contributed by atoms with Gasteiger partial charge in [-0.1, -0.05) is 42.7 Å². The Morgan fingerprint density at radius 3 is 2.62 bits per heavy atom. The van der Waals surface area contributed by atoms with Gasteiger partial charge in [-0.2, -0.15) is 0 Å². The normalized spacial score (nSPS) is 16.4. The Hall–Kier alpha value is -2.04. The fraction of sp³-hybridized carbons (Fsp3) is 0.500. The molecule has 1 aromatic carbocycles. The number of aliphatic carboxylic acids is 1. The van der Waals surface area contributed by atoms with Gasteiger partial charge in [0.15, 0.2) is 0 Å². The lowest BCUT2D eigenvalue weighted by molar-refractivity contribution is -0.138. The Morgan fingerprint density at radius 2 is 2.00 bits per heavy atom. The monoisotopic (exact) mass is 290 g/mol. The highest BCUT2D eigenvalue weighted by Crippen LogP contribution is 2.32. The van der Waals surface area contributed by atoms with Crippen LogP contribution in [-0.4, -0.2) is 22.6 Å². The van der Waals surface area contributed by atoms with Gasteiger partial charge in [0.25, 0.3) is 0 Å². The minimum absolute atomic E-state index is 0.00906. The molecule has 5 nitrogen and oxygen atoms in total. The van der Waals surface area contributed by atoms with Gasteiger partial charge in [-0.05, 0) is 25.3 Å². The van der Waals surface area contributed by atoms with E-state index >= 15 is 0 Å². The van der Waals surface area contributed by atoms with Crippen molar-refractivity contribution < 1.29 is 14.7 Å². The third-order valence-corrected chi connectivity index (χ3v) is 3.96. The van der Waals surface area contributed by atoms with Gasteiger partial charge in [-0.25, -0.2) is 4.79 Å². The highest BCUT2D eigenvalue weighted by Gasteiger charge is 2.37. The first kappa shape index (κ1) is 15.4. The Labute approximate surface area is 124 Å². The van der Waals surface area contributed by atoms with E-state index in [1.807, 2.05) is 31.2 Å². The van der Waals surface area contributed by atoms with Crippen LogP contribution in [0.25, 0.3) is 0 Å². The van der Waals surface area contributed by atoms with Crippen LogP contribution in [0.3, 0.4) is 0 Å². The molecular formula is C16H22N2O3. The molecule has 0 atom stereocenters. The number of nitrogens with one attached hydrogen (secondary N) is 2. The van der Waals surface area contributed by atoms with Crippen LogP contribution in [0.15, 0.2) is 24.3 Å². The summed E-state index contributed by atoms with van der Waals surface area (Å²) in [7, 11) is 0. The molecule has 0 radical (unpaired) electrons. The smallest absolute Gasteiger partial charge is 0.315 e. The van der Waals surface area contributed by atoms with Crippen LogP contribution in [0.1, 0.15) is 43.2 Å². The Morgan fingerprint density at radius 1 is 1.29 bits per heavy atom. The van der Waals surface area contributed by atoms with Crippen LogP contribution in [0.2, 0.25) is 0 Å². The van der Waals surface area contributed by atoms with E-state index in [1.165, 1.54) is 0 Å². The van der Waals surface area contributed by atoms with Gasteiger partial charge >= 0.3 is 12.0 Å². The van der Waals surface area contributed by atoms with Crippen LogP contribution in [-0.2, 0) is 11.3 Å². The van der Waals surface area contributed by atoms with E-state index in [-0.39, 0.29) is 12.5 Å². The predicted octanol–water partition coefficient (Wildman–Crippen LogP) is 2.58. The highest BCUT2D eigenvalue weighted by molar-refractivity contribution is 5.76. The molecule has 1 fully saturated rings. The number of hydrogen-bond acceptors (Lipinski definition) is 2. The molecule has 2 rings (SSSR count). The minimum atomic E-state index is -0.865. The molecule has 1 saturated carbocycles. The Kier molecular flexibility index (Phi) is 4.83. The summed E-state index contributed by atoms with van der Waals surface area (Å²) < 4.78 is 0. The van der Waals surface area contributed by atoms with Crippen molar-refractivity contribution in [3.05, 3.63) is 35.4 Å². The SMILES string of the molecule is Cc1cccc(CNC(=O)NC2(CC(=O)O)CCCC2)c1. The molecule has 3 N–H and O–H groups in total. The number of benzene rings is 1. The van der Waals surface area contributed by atoms with E-state index in [0.717, 1.165) is 36.8 Å². The summed E-state index contributed by atoms with van der Waals surface area (Å²) in [5.41, 5.74) is 1.60. The Bertz CT molecular complexity index is 522. The molecule has 0 spiro atoms. The van der Waals surface area contributed by atoms with Crippen molar-refractivity contribution >= 4 is 12.0 Å². The average Bonchev–Trinajstić information content (AvgIpc) is 2.83. The van der Waals surface area contributed by atoms with E-state index in [0.29, 0.717) is 6.54 Å². The van der Waals surface area contributed by atoms with E-state index < -0.39 is 11.5 Å². The second kappa shape index (κ2) is 6.61. The summed E-state index contributed by atoms with van der Waals surface area (Å²) in [5.74, 6) is -0.865. The van der Waals surface area contributed by atoms with E-state index in [9.17, 15) is 9.59 Å². The molecule has 0 bridgehead atoms. The zero-order chi connectivity index (χ0) is 15.3. The third kappa shape index (κ3) is 4.48. The topological polar surface area (TPSA) is 78.4 Å². The molecule has 2 amide bonds. The summed E-state index contributed by atoms with van der Waals surface area (Å²) in [6.07, 6.45) is 3.38. The number of aryl methyl sites for hydroxylation is 1. The molecule has 5 heteroatoms. The third-order valence-electron chi connectivity index (χ3n) is 3.96. The van der Waals surface area contributed by atoms with Gasteiger partial charge in [-0.3, -0.25) is 4.79 Å². The molecule has 0 saturated heterocycles. The molecule has 0 aromatic heterocycles. The number of carboxylic acid groups (broad SMARTS) is 1. The number of carbonyl (C=O) groups is 2. The lowest BCUT2D eigenvalue weighted by Crippen LogP contribution is -2.51. The largest absolute Gasteiger partial charge is 0.481 e. The zero-order valence-corrected chi connectivity index (χ0v) is 12.3. The molecule has 0 heterocycles. The second-order valence-corrected chi connectivity index (χ2v) is 5.85. The van der Waals surface area contributed by atoms with Crippen molar-refractivity contribution in [2.24, 2.45) is 0 Å². The molecule has 21 heavy (non-hydrogen) atoms. The van der Waals surface area contributed by atoms with Crippen LogP contribution < -0.4 is 10.6 Å². The number of urea groups is 1. The summed E-state index contributed by atoms with van der Waals surface area (Å²) in [6.45, 7) is 2.45. The molecule has 1 aromatic rings. The van der Waals surface area contributed by atoms with Gasteiger partial charge in [0.2, 0.25) is 0 Å². The number of hydrogen-bond donors (Lipinski definition) is 3. The van der Waals surface area contributed by atoms with Gasteiger partial charge in [0.1, 0.15) is 0 Å². The van der Waals surface area contributed by atoms with Crippen molar-refractivity contribution in [3.8, 4) is 0 Å². The minimum Gasteiger partial charge on any atom is -0.481 e. The highest BCUT2D eigenvalue weighted by atomic mass is 16.4. The molecule has 1 aliphatic carbocycles. The van der Waals surface area contributed by atoms with Gasteiger partial charge in [-0.15, -0.1) is 0 Å². The average molecular weight is 290 g/mol. The molecular weight excluding hydrogens is 268 g/mol. The number of carboxylic acids is 1. The van der Waals surface area contributed by atoms with Crippen molar-refractivity contribution in [2.45, 2.75) is 51.1 Å². The first-order valence-corrected chi connectivity index (χ1v) is 7.32. The van der Waals surface area contributed by atoms with Crippen LogP contribution >= 0.6 is 0 Å². The van der Waals surface area contributed by atoms with E-state index in [1.54, 1.807) is 0 Å². The lowest BCUT2D eigenvalue weighted by atomic mass is 9.93. The fourth-order valence-corrected chi connectivity index (χ4v) is 2.98. The Balaban J connectivity index is 1.89. The molecule has 1 aliphatic rings. The number of amides is 2. The van der Waals surface area contributed by atoms with Gasteiger partial charge in [0.05, 0.1) is 12.0 Å². The number of rotatable bonds is 5. The van der Waals surface area contributed by atoms with Crippen molar-refractivity contribution in [3.63, 3.8) is 0 Å². The summed E-state index contributed by atoms with van der Waals surface area (Å²) in [5, 5.41) is 14.7. The summed E-state index contributed by atoms with van der Waals surface area (Å²) >= 11 is 0. The first-order valence-electron chi connectivity index (χ1n) is 7.32. The molecule has 0 unspecified atom stereocenters. The van der Waals surface area contributed by atoms with Crippen molar-refractivity contribution in [2.75, 3.05) is 0 Å².